The first-order chi connectivity index (χ1) is 11.8. The Balaban J connectivity index is 2.33. The second-order valence-electron chi connectivity index (χ2n) is 5.57. The Morgan fingerprint density at radius 2 is 1.84 bits per heavy atom. The Kier molecular flexibility index (Phi) is 4.38. The maximum atomic E-state index is 13.1. The van der Waals surface area contributed by atoms with Gasteiger partial charge in [-0.3, -0.25) is 4.79 Å². The highest BCUT2D eigenvalue weighted by atomic mass is 35.5. The van der Waals surface area contributed by atoms with Crippen molar-refractivity contribution in [3.05, 3.63) is 64.8 Å². The Hall–Kier alpha value is -2.62. The minimum atomic E-state index is -4.00. The molecule has 0 spiro atoms. The molecule has 0 saturated heterocycles. The van der Waals surface area contributed by atoms with Crippen molar-refractivity contribution in [2.75, 3.05) is 0 Å². The number of ketones is 1. The second-order valence-corrected chi connectivity index (χ2v) is 7.80. The Labute approximate surface area is 150 Å². The van der Waals surface area contributed by atoms with Crippen LogP contribution in [0.1, 0.15) is 22.5 Å². The number of Topliss-reactive ketones (excluding diaryl/α,β-unsaturated/α-hetero) is 1. The van der Waals surface area contributed by atoms with E-state index in [4.69, 9.17) is 16.9 Å². The molecule has 25 heavy (non-hydrogen) atoms. The van der Waals surface area contributed by atoms with E-state index in [0.717, 1.165) is 9.54 Å². The summed E-state index contributed by atoms with van der Waals surface area (Å²) in [5.41, 5.74) is 1.20. The van der Waals surface area contributed by atoms with Gasteiger partial charge in [0.2, 0.25) is 0 Å². The van der Waals surface area contributed by atoms with Crippen LogP contribution in [0.3, 0.4) is 0 Å². The molecule has 0 bridgehead atoms. The fourth-order valence-corrected chi connectivity index (χ4v) is 4.30. The second kappa shape index (κ2) is 6.36. The number of halogens is 1. The molecule has 1 aromatic heterocycles. The van der Waals surface area contributed by atoms with Gasteiger partial charge in [0.25, 0.3) is 10.0 Å². The number of aryl methyl sites for hydroxylation is 1. The topological polar surface area (TPSA) is 79.9 Å². The molecule has 3 aromatic rings. The summed E-state index contributed by atoms with van der Waals surface area (Å²) in [6.45, 7) is 1.85. The van der Waals surface area contributed by atoms with Gasteiger partial charge in [-0.25, -0.2) is 12.4 Å². The molecule has 0 N–H and O–H groups in total. The zero-order chi connectivity index (χ0) is 18.2. The number of hydrogen-bond acceptors (Lipinski definition) is 4. The molecule has 126 valence electrons. The summed E-state index contributed by atoms with van der Waals surface area (Å²) in [6.07, 6.45) is -0.409. The van der Waals surface area contributed by atoms with Gasteiger partial charge in [0.1, 0.15) is 12.1 Å². The first-order valence-electron chi connectivity index (χ1n) is 7.38. The van der Waals surface area contributed by atoms with Gasteiger partial charge in [0.05, 0.1) is 16.5 Å². The molecule has 0 atom stereocenters. The van der Waals surface area contributed by atoms with Gasteiger partial charge < -0.3 is 0 Å². The van der Waals surface area contributed by atoms with Crippen molar-refractivity contribution in [3.63, 3.8) is 0 Å². The van der Waals surface area contributed by atoms with Gasteiger partial charge in [-0.1, -0.05) is 29.3 Å². The van der Waals surface area contributed by atoms with Crippen LogP contribution in [0.15, 0.2) is 53.4 Å². The van der Waals surface area contributed by atoms with E-state index in [1.54, 1.807) is 36.4 Å². The number of nitriles is 1. The number of nitrogens with zero attached hydrogens (tertiary/aromatic N) is 2. The summed E-state index contributed by atoms with van der Waals surface area (Å²) in [6, 6.07) is 14.3. The van der Waals surface area contributed by atoms with E-state index in [1.165, 1.54) is 18.2 Å². The highest BCUT2D eigenvalue weighted by molar-refractivity contribution is 7.90. The molecule has 0 amide bonds. The molecule has 0 unspecified atom stereocenters. The maximum absolute atomic E-state index is 13.1. The minimum Gasteiger partial charge on any atom is -0.291 e. The van der Waals surface area contributed by atoms with E-state index in [-0.39, 0.29) is 10.6 Å². The highest BCUT2D eigenvalue weighted by Gasteiger charge is 2.26. The van der Waals surface area contributed by atoms with Crippen LogP contribution in [0.5, 0.6) is 0 Å². The van der Waals surface area contributed by atoms with Gasteiger partial charge in [-0.2, -0.15) is 5.26 Å². The summed E-state index contributed by atoms with van der Waals surface area (Å²) in [5, 5.41) is 9.75. The van der Waals surface area contributed by atoms with Crippen molar-refractivity contribution in [1.82, 2.24) is 3.97 Å². The van der Waals surface area contributed by atoms with E-state index >= 15 is 0 Å². The molecule has 3 rings (SSSR count). The van der Waals surface area contributed by atoms with E-state index in [2.05, 4.69) is 0 Å². The van der Waals surface area contributed by atoms with Crippen molar-refractivity contribution < 1.29 is 13.2 Å². The fourth-order valence-electron chi connectivity index (χ4n) is 2.59. The molecule has 0 aliphatic rings. The third-order valence-electron chi connectivity index (χ3n) is 3.80. The van der Waals surface area contributed by atoms with E-state index < -0.39 is 22.2 Å². The predicted molar refractivity (Wildman–Crippen MR) is 95.3 cm³/mol. The molecule has 7 heteroatoms. The first-order valence-corrected chi connectivity index (χ1v) is 9.20. The zero-order valence-electron chi connectivity index (χ0n) is 13.2. The average molecular weight is 373 g/mol. The molecule has 5 nitrogen and oxygen atoms in total. The van der Waals surface area contributed by atoms with Crippen molar-refractivity contribution in [2.45, 2.75) is 18.2 Å². The Morgan fingerprint density at radius 3 is 2.48 bits per heavy atom. The fraction of sp³-hybridized carbons (Fsp3) is 0.111. The van der Waals surface area contributed by atoms with Gasteiger partial charge >= 0.3 is 0 Å². The molecular formula is C18H13ClN2O3S. The lowest BCUT2D eigenvalue weighted by Gasteiger charge is -2.11. The number of carbonyl (C=O) groups is 1. The molecule has 0 radical (unpaired) electrons. The summed E-state index contributed by atoms with van der Waals surface area (Å²) in [4.78, 5) is 12.4. The molecular weight excluding hydrogens is 360 g/mol. The zero-order valence-corrected chi connectivity index (χ0v) is 14.8. The van der Waals surface area contributed by atoms with Gasteiger partial charge in [0, 0.05) is 10.4 Å². The lowest BCUT2D eigenvalue weighted by molar-refractivity contribution is 0.0992. The van der Waals surface area contributed by atoms with Gasteiger partial charge in [-0.05, 0) is 43.3 Å². The monoisotopic (exact) mass is 372 g/mol. The number of aromatic nitrogens is 1. The van der Waals surface area contributed by atoms with Gasteiger partial charge in [0.15, 0.2) is 5.78 Å². The van der Waals surface area contributed by atoms with E-state index in [9.17, 15) is 13.2 Å². The highest BCUT2D eigenvalue weighted by Crippen LogP contribution is 2.28. The van der Waals surface area contributed by atoms with Crippen molar-refractivity contribution in [3.8, 4) is 6.07 Å². The number of benzene rings is 2. The molecule has 0 saturated carbocycles. The van der Waals surface area contributed by atoms with Crippen LogP contribution in [-0.4, -0.2) is 18.2 Å². The summed E-state index contributed by atoms with van der Waals surface area (Å²) < 4.78 is 27.2. The minimum absolute atomic E-state index is 0.0561. The van der Waals surface area contributed by atoms with Crippen LogP contribution >= 0.6 is 11.6 Å². The lowest BCUT2D eigenvalue weighted by atomic mass is 10.2. The van der Waals surface area contributed by atoms with Crippen molar-refractivity contribution >= 4 is 38.3 Å². The summed E-state index contributed by atoms with van der Waals surface area (Å²) >= 11 is 5.97. The quantitative estimate of drug-likeness (QED) is 0.650. The van der Waals surface area contributed by atoms with E-state index in [1.807, 2.05) is 6.92 Å². The molecule has 2 aromatic carbocycles. The van der Waals surface area contributed by atoms with Crippen LogP contribution in [0.25, 0.3) is 10.9 Å². The lowest BCUT2D eigenvalue weighted by Crippen LogP contribution is -2.18. The van der Waals surface area contributed by atoms with Crippen LogP contribution in [0.4, 0.5) is 0 Å². The number of rotatable bonds is 4. The SMILES string of the molecule is Cc1ccc(S(=O)(=O)n2c(C(=O)CC#N)cc3cc(Cl)ccc32)cc1. The molecule has 0 aliphatic carbocycles. The average Bonchev–Trinajstić information content (AvgIpc) is 2.94. The van der Waals surface area contributed by atoms with Crippen LogP contribution in [0, 0.1) is 18.3 Å². The van der Waals surface area contributed by atoms with Crippen LogP contribution in [-0.2, 0) is 10.0 Å². The van der Waals surface area contributed by atoms with Crippen molar-refractivity contribution in [1.29, 1.82) is 5.26 Å². The van der Waals surface area contributed by atoms with Crippen molar-refractivity contribution in [2.24, 2.45) is 0 Å². The normalized spacial score (nSPS) is 11.4. The maximum Gasteiger partial charge on any atom is 0.268 e. The predicted octanol–water partition coefficient (Wildman–Crippen LogP) is 3.94. The Morgan fingerprint density at radius 1 is 1.16 bits per heavy atom. The molecule has 0 fully saturated rings. The number of carbonyl (C=O) groups excluding carboxylic acids is 1. The smallest absolute Gasteiger partial charge is 0.268 e. The van der Waals surface area contributed by atoms with Crippen LogP contribution < -0.4 is 0 Å². The largest absolute Gasteiger partial charge is 0.291 e. The Bertz CT molecular complexity index is 1120. The van der Waals surface area contributed by atoms with Gasteiger partial charge in [-0.15, -0.1) is 0 Å². The third kappa shape index (κ3) is 3.04. The molecule has 0 aliphatic heterocycles. The van der Waals surface area contributed by atoms with Crippen LogP contribution in [0.2, 0.25) is 5.02 Å². The summed E-state index contributed by atoms with van der Waals surface area (Å²) in [5.74, 6) is -0.564. The third-order valence-corrected chi connectivity index (χ3v) is 5.78. The van der Waals surface area contributed by atoms with E-state index in [0.29, 0.717) is 15.9 Å². The summed E-state index contributed by atoms with van der Waals surface area (Å²) in [7, 11) is -4.00. The molecule has 1 heterocycles. The standard InChI is InChI=1S/C18H13ClN2O3S/c1-12-2-5-15(6-3-12)25(23,24)21-16-7-4-14(19)10-13(16)11-17(21)18(22)8-9-20/h2-7,10-11H,8H2,1H3. The first kappa shape index (κ1) is 17.2. The number of fused-ring (bicyclic) bond motifs is 1. The number of hydrogen-bond donors (Lipinski definition) is 0.